The van der Waals surface area contributed by atoms with Gasteiger partial charge in [-0.1, -0.05) is 71.9 Å². The summed E-state index contributed by atoms with van der Waals surface area (Å²) in [5, 5.41) is 9.70. The molecule has 1 N–H and O–H groups in total. The maximum Gasteiger partial charge on any atom is 0.191 e. The summed E-state index contributed by atoms with van der Waals surface area (Å²) in [6.45, 7) is 3.49. The molecule has 0 aliphatic rings. The molecule has 0 saturated carbocycles. The summed E-state index contributed by atoms with van der Waals surface area (Å²) < 4.78 is 1.93. The zero-order chi connectivity index (χ0) is 18.6. The average Bonchev–Trinajstić information content (AvgIpc) is 3.11. The Morgan fingerprint density at radius 3 is 2.48 bits per heavy atom. The van der Waals surface area contributed by atoms with Crippen molar-refractivity contribution in [3.8, 4) is 0 Å². The molecule has 136 valence electrons. The summed E-state index contributed by atoms with van der Waals surface area (Å²) in [6.07, 6.45) is 3.84. The molecule has 27 heavy (non-hydrogen) atoms. The highest BCUT2D eigenvalue weighted by atomic mass is 32.2. The zero-order valence-electron chi connectivity index (χ0n) is 15.4. The van der Waals surface area contributed by atoms with E-state index in [0.29, 0.717) is 13.1 Å². The number of benzene rings is 2. The fourth-order valence-corrected chi connectivity index (χ4v) is 3.29. The molecule has 2 aromatic carbocycles. The van der Waals surface area contributed by atoms with E-state index in [1.807, 2.05) is 35.3 Å². The van der Waals surface area contributed by atoms with Gasteiger partial charge in [0.2, 0.25) is 0 Å². The molecule has 0 aliphatic heterocycles. The maximum absolute atomic E-state index is 4.69. The van der Waals surface area contributed by atoms with Crippen LogP contribution in [0.1, 0.15) is 16.7 Å². The Labute approximate surface area is 162 Å². The normalized spacial score (nSPS) is 11.0. The van der Waals surface area contributed by atoms with E-state index in [1.165, 1.54) is 28.5 Å². The maximum atomic E-state index is 4.69. The van der Waals surface area contributed by atoms with Crippen molar-refractivity contribution in [1.29, 1.82) is 0 Å². The second-order valence-electron chi connectivity index (χ2n) is 6.42. The van der Waals surface area contributed by atoms with Gasteiger partial charge in [0.05, 0.1) is 18.1 Å². The molecule has 6 heteroatoms. The van der Waals surface area contributed by atoms with E-state index >= 15 is 0 Å². The first-order valence-corrected chi connectivity index (χ1v) is 10.1. The molecular formula is C21H21N5S. The largest absolute Gasteiger partial charge is 0.365 e. The van der Waals surface area contributed by atoms with E-state index in [1.54, 1.807) is 0 Å². The summed E-state index contributed by atoms with van der Waals surface area (Å²) in [5.41, 5.74) is 4.52. The van der Waals surface area contributed by atoms with Crippen LogP contribution in [0.15, 0.2) is 66.0 Å². The first kappa shape index (κ1) is 17.5. The minimum absolute atomic E-state index is 0.687. The fourth-order valence-electron chi connectivity index (χ4n) is 2.93. The molecule has 0 amide bonds. The third-order valence-corrected chi connectivity index (χ3v) is 4.96. The van der Waals surface area contributed by atoms with Crippen molar-refractivity contribution in [2.75, 3.05) is 11.6 Å². The molecule has 4 rings (SSSR count). The molecule has 0 aliphatic carbocycles. The highest BCUT2D eigenvalue weighted by molar-refractivity contribution is 7.98. The van der Waals surface area contributed by atoms with Gasteiger partial charge in [-0.2, -0.15) is 5.10 Å². The monoisotopic (exact) mass is 375 g/mol. The Morgan fingerprint density at radius 2 is 1.74 bits per heavy atom. The van der Waals surface area contributed by atoms with E-state index in [-0.39, 0.29) is 0 Å². The number of anilines is 1. The number of nitrogens with zero attached hydrogens (tertiary/aromatic N) is 4. The lowest BCUT2D eigenvalue weighted by atomic mass is 10.1. The molecular weight excluding hydrogens is 354 g/mol. The molecule has 0 unspecified atom stereocenters. The molecule has 0 fully saturated rings. The van der Waals surface area contributed by atoms with Gasteiger partial charge in [-0.3, -0.25) is 0 Å². The van der Waals surface area contributed by atoms with E-state index in [2.05, 4.69) is 63.7 Å². The quantitative estimate of drug-likeness (QED) is 0.397. The number of hydrogen-bond acceptors (Lipinski definition) is 5. The Kier molecular flexibility index (Phi) is 5.07. The van der Waals surface area contributed by atoms with Gasteiger partial charge in [-0.15, -0.1) is 0 Å². The van der Waals surface area contributed by atoms with Crippen molar-refractivity contribution in [1.82, 2.24) is 19.7 Å². The highest BCUT2D eigenvalue weighted by Gasteiger charge is 2.13. The minimum atomic E-state index is 0.687. The lowest BCUT2D eigenvalue weighted by Crippen LogP contribution is -2.06. The molecule has 4 aromatic rings. The van der Waals surface area contributed by atoms with Crippen molar-refractivity contribution in [3.63, 3.8) is 0 Å². The molecule has 0 saturated heterocycles. The molecule has 2 aromatic heterocycles. The predicted molar refractivity (Wildman–Crippen MR) is 111 cm³/mol. The Hall–Kier alpha value is -2.86. The van der Waals surface area contributed by atoms with Crippen LogP contribution in [-0.4, -0.2) is 26.0 Å². The first-order valence-electron chi connectivity index (χ1n) is 8.84. The van der Waals surface area contributed by atoms with Crippen LogP contribution < -0.4 is 5.32 Å². The number of thioether (sulfide) groups is 1. The van der Waals surface area contributed by atoms with Crippen molar-refractivity contribution < 1.29 is 0 Å². The van der Waals surface area contributed by atoms with Gasteiger partial charge < -0.3 is 5.32 Å². The van der Waals surface area contributed by atoms with E-state index < -0.39 is 0 Å². The molecule has 5 nitrogen and oxygen atoms in total. The third kappa shape index (κ3) is 3.95. The first-order chi connectivity index (χ1) is 13.2. The number of aryl methyl sites for hydroxylation is 1. The topological polar surface area (TPSA) is 55.6 Å². The molecule has 0 radical (unpaired) electrons. The van der Waals surface area contributed by atoms with E-state index in [0.717, 1.165) is 22.0 Å². The van der Waals surface area contributed by atoms with Crippen LogP contribution in [0.4, 0.5) is 5.82 Å². The average molecular weight is 376 g/mol. The second-order valence-corrected chi connectivity index (χ2v) is 7.20. The van der Waals surface area contributed by atoms with Crippen molar-refractivity contribution >= 4 is 28.6 Å². The summed E-state index contributed by atoms with van der Waals surface area (Å²) >= 11 is 1.54. The third-order valence-electron chi connectivity index (χ3n) is 4.41. The van der Waals surface area contributed by atoms with Crippen LogP contribution in [0.2, 0.25) is 0 Å². The number of rotatable bonds is 6. The van der Waals surface area contributed by atoms with Gasteiger partial charge >= 0.3 is 0 Å². The van der Waals surface area contributed by atoms with Gasteiger partial charge in [-0.25, -0.2) is 14.6 Å². The van der Waals surface area contributed by atoms with Gasteiger partial charge in [0.15, 0.2) is 10.8 Å². The Bertz CT molecular complexity index is 1040. The van der Waals surface area contributed by atoms with Gasteiger partial charge in [-0.05, 0) is 24.3 Å². The fraction of sp³-hybridized carbons (Fsp3) is 0.190. The molecule has 2 heterocycles. The number of aromatic nitrogens is 4. The van der Waals surface area contributed by atoms with Crippen molar-refractivity contribution in [2.45, 2.75) is 25.2 Å². The van der Waals surface area contributed by atoms with E-state index in [4.69, 9.17) is 0 Å². The van der Waals surface area contributed by atoms with Crippen LogP contribution in [-0.2, 0) is 13.1 Å². The lowest BCUT2D eigenvalue weighted by Gasteiger charge is -2.09. The lowest BCUT2D eigenvalue weighted by molar-refractivity contribution is 0.699. The van der Waals surface area contributed by atoms with Crippen LogP contribution in [0.5, 0.6) is 0 Å². The number of hydrogen-bond donors (Lipinski definition) is 1. The Morgan fingerprint density at radius 1 is 0.963 bits per heavy atom. The summed E-state index contributed by atoms with van der Waals surface area (Å²) in [5.74, 6) is 0.823. The summed E-state index contributed by atoms with van der Waals surface area (Å²) in [4.78, 5) is 9.35. The van der Waals surface area contributed by atoms with Crippen LogP contribution >= 0.6 is 11.8 Å². The SMILES string of the molecule is CSc1nc(NCc2ccc(C)cc2)c2cnn(Cc3ccccc3)c2n1. The van der Waals surface area contributed by atoms with Crippen LogP contribution in [0.3, 0.4) is 0 Å². The van der Waals surface area contributed by atoms with Crippen LogP contribution in [0, 0.1) is 6.92 Å². The van der Waals surface area contributed by atoms with Crippen molar-refractivity contribution in [3.05, 3.63) is 77.5 Å². The predicted octanol–water partition coefficient (Wildman–Crippen LogP) is 4.52. The van der Waals surface area contributed by atoms with Crippen LogP contribution in [0.25, 0.3) is 11.0 Å². The zero-order valence-corrected chi connectivity index (χ0v) is 16.2. The molecule has 0 spiro atoms. The summed E-state index contributed by atoms with van der Waals surface area (Å²) in [7, 11) is 0. The van der Waals surface area contributed by atoms with Gasteiger partial charge in [0, 0.05) is 6.54 Å². The number of nitrogens with one attached hydrogen (secondary N) is 1. The molecule has 0 bridgehead atoms. The van der Waals surface area contributed by atoms with Gasteiger partial charge in [0.25, 0.3) is 0 Å². The van der Waals surface area contributed by atoms with E-state index in [9.17, 15) is 0 Å². The smallest absolute Gasteiger partial charge is 0.191 e. The standard InChI is InChI=1S/C21H21N5S/c1-15-8-10-16(11-9-15)12-22-19-18-13-23-26(14-17-6-4-3-5-7-17)20(18)25-21(24-19)27-2/h3-11,13H,12,14H2,1-2H3,(H,22,24,25). The minimum Gasteiger partial charge on any atom is -0.365 e. The highest BCUT2D eigenvalue weighted by Crippen LogP contribution is 2.24. The summed E-state index contributed by atoms with van der Waals surface area (Å²) in [6, 6.07) is 18.8. The molecule has 0 atom stereocenters. The Balaban J connectivity index is 1.65. The second kappa shape index (κ2) is 7.80. The van der Waals surface area contributed by atoms with Crippen molar-refractivity contribution in [2.24, 2.45) is 0 Å². The number of fused-ring (bicyclic) bond motifs is 1. The van der Waals surface area contributed by atoms with Gasteiger partial charge in [0.1, 0.15) is 5.82 Å².